The van der Waals surface area contributed by atoms with E-state index in [9.17, 15) is 13.6 Å². The van der Waals surface area contributed by atoms with Crippen molar-refractivity contribution in [3.63, 3.8) is 0 Å². The maximum Gasteiger partial charge on any atom is 0.254 e. The molecule has 1 aromatic rings. The maximum atomic E-state index is 13.2. The minimum absolute atomic E-state index is 0.0878. The molecule has 1 unspecified atom stereocenters. The van der Waals surface area contributed by atoms with E-state index in [1.165, 1.54) is 0 Å². The van der Waals surface area contributed by atoms with Crippen LogP contribution in [-0.2, 0) is 0 Å². The van der Waals surface area contributed by atoms with Crippen molar-refractivity contribution >= 4 is 21.8 Å². The van der Waals surface area contributed by atoms with Crippen molar-refractivity contribution in [3.8, 4) is 0 Å². The van der Waals surface area contributed by atoms with Crippen molar-refractivity contribution in [2.45, 2.75) is 19.4 Å². The summed E-state index contributed by atoms with van der Waals surface area (Å²) >= 11 is 3.23. The highest BCUT2D eigenvalue weighted by Crippen LogP contribution is 2.10. The Morgan fingerprint density at radius 1 is 1.50 bits per heavy atom. The fourth-order valence-corrected chi connectivity index (χ4v) is 1.80. The van der Waals surface area contributed by atoms with Crippen molar-refractivity contribution in [2.75, 3.05) is 5.33 Å². The number of carbonyl (C=O) groups is 1. The van der Waals surface area contributed by atoms with Gasteiger partial charge in [0.15, 0.2) is 0 Å². The molecule has 0 fully saturated rings. The van der Waals surface area contributed by atoms with Gasteiger partial charge < -0.3 is 5.32 Å². The molecule has 5 heteroatoms. The van der Waals surface area contributed by atoms with Gasteiger partial charge in [-0.2, -0.15) is 0 Å². The fourth-order valence-electron chi connectivity index (χ4n) is 1.18. The van der Waals surface area contributed by atoms with Crippen molar-refractivity contribution in [1.29, 1.82) is 0 Å². The third-order valence-electron chi connectivity index (χ3n) is 2.19. The quantitative estimate of drug-likeness (QED) is 0.849. The molecular formula is C11H12BrF2NO. The summed E-state index contributed by atoms with van der Waals surface area (Å²) < 4.78 is 26.1. The van der Waals surface area contributed by atoms with Gasteiger partial charge in [-0.3, -0.25) is 4.79 Å². The molecule has 0 aliphatic carbocycles. The number of hydrogen-bond acceptors (Lipinski definition) is 1. The lowest BCUT2D eigenvalue weighted by Gasteiger charge is -2.14. The lowest BCUT2D eigenvalue weighted by Crippen LogP contribution is -2.36. The Balaban J connectivity index is 2.83. The summed E-state index contributed by atoms with van der Waals surface area (Å²) in [5.41, 5.74) is -0.264. The second-order valence-electron chi connectivity index (χ2n) is 3.36. The summed E-state index contributed by atoms with van der Waals surface area (Å²) in [6, 6.07) is 2.73. The van der Waals surface area contributed by atoms with Crippen LogP contribution in [0, 0.1) is 11.6 Å². The highest BCUT2D eigenvalue weighted by Gasteiger charge is 2.15. The van der Waals surface area contributed by atoms with Crippen LogP contribution in [0.2, 0.25) is 0 Å². The Kier molecular flexibility index (Phi) is 4.86. The molecule has 0 heterocycles. The molecule has 0 saturated carbocycles. The van der Waals surface area contributed by atoms with E-state index in [0.29, 0.717) is 11.8 Å². The minimum Gasteiger partial charge on any atom is -0.348 e. The van der Waals surface area contributed by atoms with Gasteiger partial charge in [0.1, 0.15) is 11.6 Å². The third kappa shape index (κ3) is 3.27. The summed E-state index contributed by atoms with van der Waals surface area (Å²) in [6.45, 7) is 1.90. The van der Waals surface area contributed by atoms with Crippen LogP contribution in [-0.4, -0.2) is 17.3 Å². The Morgan fingerprint density at radius 3 is 2.75 bits per heavy atom. The van der Waals surface area contributed by atoms with Gasteiger partial charge in [-0.15, -0.1) is 0 Å². The second-order valence-corrected chi connectivity index (χ2v) is 4.00. The molecule has 0 aliphatic rings. The first-order chi connectivity index (χ1) is 7.58. The molecule has 2 nitrogen and oxygen atoms in total. The number of benzene rings is 1. The van der Waals surface area contributed by atoms with Gasteiger partial charge in [-0.05, 0) is 24.6 Å². The zero-order valence-electron chi connectivity index (χ0n) is 8.77. The summed E-state index contributed by atoms with van der Waals surface area (Å²) in [6.07, 6.45) is 0.716. The maximum absolute atomic E-state index is 13.2. The first-order valence-corrected chi connectivity index (χ1v) is 6.02. The highest BCUT2D eigenvalue weighted by molar-refractivity contribution is 9.09. The van der Waals surface area contributed by atoms with Gasteiger partial charge >= 0.3 is 0 Å². The number of rotatable bonds is 4. The molecule has 1 atom stereocenters. The van der Waals surface area contributed by atoms with Gasteiger partial charge in [-0.25, -0.2) is 8.78 Å². The van der Waals surface area contributed by atoms with E-state index >= 15 is 0 Å². The third-order valence-corrected chi connectivity index (χ3v) is 2.97. The molecule has 16 heavy (non-hydrogen) atoms. The van der Waals surface area contributed by atoms with Crippen LogP contribution in [0.25, 0.3) is 0 Å². The largest absolute Gasteiger partial charge is 0.348 e. The van der Waals surface area contributed by atoms with E-state index in [0.717, 1.165) is 18.2 Å². The summed E-state index contributed by atoms with van der Waals surface area (Å²) in [5.74, 6) is -1.94. The highest BCUT2D eigenvalue weighted by atomic mass is 79.9. The molecule has 0 aromatic heterocycles. The smallest absolute Gasteiger partial charge is 0.254 e. The number of carbonyl (C=O) groups excluding carboxylic acids is 1. The standard InChI is InChI=1S/C11H12BrF2NO/c1-2-8(6-12)15-11(16)9-5-7(13)3-4-10(9)14/h3-5,8H,2,6H2,1H3,(H,15,16). The Hall–Kier alpha value is -0.970. The number of alkyl halides is 1. The van der Waals surface area contributed by atoms with Crippen molar-refractivity contribution < 1.29 is 13.6 Å². The van der Waals surface area contributed by atoms with Crippen molar-refractivity contribution in [2.24, 2.45) is 0 Å². The first-order valence-electron chi connectivity index (χ1n) is 4.90. The van der Waals surface area contributed by atoms with Crippen LogP contribution in [0.4, 0.5) is 8.78 Å². The normalized spacial score (nSPS) is 12.2. The van der Waals surface area contributed by atoms with Crippen molar-refractivity contribution in [1.82, 2.24) is 5.32 Å². The van der Waals surface area contributed by atoms with E-state index in [1.54, 1.807) is 0 Å². The van der Waals surface area contributed by atoms with Gasteiger partial charge in [0.05, 0.1) is 5.56 Å². The van der Waals surface area contributed by atoms with Crippen LogP contribution in [0.15, 0.2) is 18.2 Å². The number of nitrogens with one attached hydrogen (secondary N) is 1. The Labute approximate surface area is 101 Å². The number of hydrogen-bond donors (Lipinski definition) is 1. The van der Waals surface area contributed by atoms with E-state index < -0.39 is 17.5 Å². The van der Waals surface area contributed by atoms with Gasteiger partial charge in [0.25, 0.3) is 5.91 Å². The van der Waals surface area contributed by atoms with Gasteiger partial charge in [-0.1, -0.05) is 22.9 Å². The monoisotopic (exact) mass is 291 g/mol. The average Bonchev–Trinajstić information content (AvgIpc) is 2.28. The zero-order valence-corrected chi connectivity index (χ0v) is 10.4. The average molecular weight is 292 g/mol. The zero-order chi connectivity index (χ0) is 12.1. The lowest BCUT2D eigenvalue weighted by molar-refractivity contribution is 0.0935. The molecule has 0 spiro atoms. The molecule has 1 rings (SSSR count). The second kappa shape index (κ2) is 5.94. The molecule has 0 saturated heterocycles. The fraction of sp³-hybridized carbons (Fsp3) is 0.364. The predicted octanol–water partition coefficient (Wildman–Crippen LogP) is 2.87. The SMILES string of the molecule is CCC(CBr)NC(=O)c1cc(F)ccc1F. The van der Waals surface area contributed by atoms with Crippen molar-refractivity contribution in [3.05, 3.63) is 35.4 Å². The molecule has 1 N–H and O–H groups in total. The van der Waals surface area contributed by atoms with Crippen LogP contribution in [0.3, 0.4) is 0 Å². The van der Waals surface area contributed by atoms with Crippen LogP contribution in [0.1, 0.15) is 23.7 Å². The summed E-state index contributed by atoms with van der Waals surface area (Å²) in [5, 5.41) is 3.18. The lowest BCUT2D eigenvalue weighted by atomic mass is 10.1. The molecular weight excluding hydrogens is 280 g/mol. The molecule has 1 aromatic carbocycles. The Bertz CT molecular complexity index is 380. The van der Waals surface area contributed by atoms with Crippen LogP contribution >= 0.6 is 15.9 Å². The number of halogens is 3. The minimum atomic E-state index is -0.719. The van der Waals surface area contributed by atoms with E-state index in [2.05, 4.69) is 21.2 Å². The van der Waals surface area contributed by atoms with E-state index in [4.69, 9.17) is 0 Å². The topological polar surface area (TPSA) is 29.1 Å². The van der Waals surface area contributed by atoms with Gasteiger partial charge in [0, 0.05) is 11.4 Å². The van der Waals surface area contributed by atoms with E-state index in [1.807, 2.05) is 6.92 Å². The molecule has 0 radical (unpaired) electrons. The van der Waals surface area contributed by atoms with Gasteiger partial charge in [0.2, 0.25) is 0 Å². The van der Waals surface area contributed by atoms with Crippen LogP contribution in [0.5, 0.6) is 0 Å². The Morgan fingerprint density at radius 2 is 2.19 bits per heavy atom. The molecule has 0 aliphatic heterocycles. The number of amides is 1. The summed E-state index contributed by atoms with van der Waals surface area (Å²) in [7, 11) is 0. The summed E-state index contributed by atoms with van der Waals surface area (Å²) in [4.78, 5) is 11.6. The molecule has 0 bridgehead atoms. The van der Waals surface area contributed by atoms with E-state index in [-0.39, 0.29) is 11.6 Å². The predicted molar refractivity (Wildman–Crippen MR) is 61.7 cm³/mol. The van der Waals surface area contributed by atoms with Crippen LogP contribution < -0.4 is 5.32 Å². The molecule has 1 amide bonds. The first kappa shape index (κ1) is 13.1. The molecule has 88 valence electrons.